The van der Waals surface area contributed by atoms with Crippen LogP contribution in [0.3, 0.4) is 0 Å². The van der Waals surface area contributed by atoms with E-state index in [0.29, 0.717) is 48.9 Å². The van der Waals surface area contributed by atoms with Crippen LogP contribution in [0, 0.1) is 10.1 Å². The lowest BCUT2D eigenvalue weighted by atomic mass is 10.1. The average molecular weight is 991 g/mol. The molecule has 0 aliphatic rings. The number of quaternary nitrogens is 2. The molecule has 0 fully saturated rings. The topological polar surface area (TPSA) is 319 Å². The van der Waals surface area contributed by atoms with Crippen LogP contribution >= 0.6 is 22.7 Å². The van der Waals surface area contributed by atoms with E-state index in [1.54, 1.807) is 84.9 Å². The first-order chi connectivity index (χ1) is 33.8. The molecule has 0 atom stereocenters. The summed E-state index contributed by atoms with van der Waals surface area (Å²) < 4.78 is 7.24. The number of nitrogens with two attached hydrogens (primary N) is 2. The van der Waals surface area contributed by atoms with Crippen LogP contribution in [0.2, 0.25) is 0 Å². The number of anilines is 4. The average Bonchev–Trinajstić information content (AvgIpc) is 4.09. The van der Waals surface area contributed by atoms with Crippen LogP contribution in [-0.4, -0.2) is 46.0 Å². The van der Waals surface area contributed by atoms with Crippen molar-refractivity contribution in [3.05, 3.63) is 187 Å². The first-order valence-corrected chi connectivity index (χ1v) is 22.7. The number of nitrogens with zero attached hydrogens (tertiary/aromatic N) is 1. The third-order valence-corrected chi connectivity index (χ3v) is 12.6. The maximum Gasteiger partial charge on any atom is 0.343 e. The lowest BCUT2D eigenvalue weighted by Gasteiger charge is -2.07. The van der Waals surface area contributed by atoms with Crippen molar-refractivity contribution < 1.29 is 54.4 Å². The Bertz CT molecular complexity index is 3600. The number of furan rings is 1. The van der Waals surface area contributed by atoms with E-state index in [4.69, 9.17) is 15.9 Å². The Morgan fingerprint density at radius 1 is 0.606 bits per heavy atom. The van der Waals surface area contributed by atoms with Crippen molar-refractivity contribution in [2.75, 3.05) is 21.7 Å². The van der Waals surface area contributed by atoms with Gasteiger partial charge in [-0.15, -0.1) is 22.7 Å². The van der Waals surface area contributed by atoms with Crippen molar-refractivity contribution in [2.24, 2.45) is 5.73 Å². The molecule has 0 spiro atoms. The van der Waals surface area contributed by atoms with Crippen molar-refractivity contribution in [3.8, 4) is 0 Å². The van der Waals surface area contributed by atoms with Crippen LogP contribution in [0.4, 0.5) is 34.1 Å². The summed E-state index contributed by atoms with van der Waals surface area (Å²) in [5.41, 5.74) is 22.9. The third-order valence-electron chi connectivity index (χ3n) is 10.4. The number of para-hydroxylation sites is 1. The van der Waals surface area contributed by atoms with Gasteiger partial charge >= 0.3 is 5.91 Å². The van der Waals surface area contributed by atoms with E-state index in [2.05, 4.69) is 27.4 Å². The molecule has 71 heavy (non-hydrogen) atoms. The van der Waals surface area contributed by atoms with Crippen LogP contribution in [-0.2, 0) is 0 Å². The number of benzene rings is 6. The second-order valence-electron chi connectivity index (χ2n) is 15.7. The number of primary amides is 1. The molecule has 3 aromatic heterocycles. The smallest absolute Gasteiger partial charge is 0.343 e. The maximum absolute atomic E-state index is 12.5. The Kier molecular flexibility index (Phi) is 15.0. The number of amides is 5. The van der Waals surface area contributed by atoms with E-state index in [1.807, 2.05) is 24.3 Å². The standard InChI is InChI=1S/C18H13N3O5S.C17H14N2O3.C16H13N3O2S/c1-9(22)10-4-12(17(19)23)6-13(5-10)20-18(24)16-8-11-7-14(21(25)26)2-3-15(11)27-16;1-10(20)11-3-2-4-14(8-11)19-17(21)16-9-12-7-13(18)5-6-15(12)22-16;17-10-5-6-13-9(7-10)8-14(22-13)16(21)19-12-4-2-1-3-11(12)15(18)20/h2-8H,1H3,(H2,19,23)(H,20,24);2-9H,18H2,1H3,(H,19,21);1-8H,17H2,(H2,18,20)(H,19,21)/p+2. The Balaban J connectivity index is 0.000000158. The lowest BCUT2D eigenvalue weighted by molar-refractivity contribution is -0.384. The van der Waals surface area contributed by atoms with Crippen LogP contribution in [0.25, 0.3) is 31.1 Å². The highest BCUT2D eigenvalue weighted by Gasteiger charge is 2.18. The number of carbonyl (C=O) groups excluding carboxylic acids is 7. The van der Waals surface area contributed by atoms with E-state index < -0.39 is 16.7 Å². The van der Waals surface area contributed by atoms with Crippen LogP contribution in [0.1, 0.15) is 85.2 Å². The van der Waals surface area contributed by atoms with Gasteiger partial charge in [-0.25, -0.2) is 4.79 Å². The first kappa shape index (κ1) is 49.7. The van der Waals surface area contributed by atoms with Crippen LogP contribution in [0.5, 0.6) is 0 Å². The molecule has 0 bridgehead atoms. The number of rotatable bonds is 11. The molecular weight excluding hydrogens is 949 g/mol. The van der Waals surface area contributed by atoms with Gasteiger partial charge in [0.1, 0.15) is 16.8 Å². The normalized spacial score (nSPS) is 10.6. The molecule has 6 aromatic carbocycles. The van der Waals surface area contributed by atoms with Gasteiger partial charge in [-0.2, -0.15) is 0 Å². The Morgan fingerprint density at radius 3 is 1.89 bits per heavy atom. The number of carbonyl (C=O) groups is 7. The highest BCUT2D eigenvalue weighted by Crippen LogP contribution is 2.31. The molecule has 0 saturated heterocycles. The molecule has 0 radical (unpaired) electrons. The zero-order chi connectivity index (χ0) is 51.1. The van der Waals surface area contributed by atoms with E-state index in [9.17, 15) is 43.7 Å². The van der Waals surface area contributed by atoms with Gasteiger partial charge in [0.2, 0.25) is 5.91 Å². The van der Waals surface area contributed by atoms with Gasteiger partial charge in [0, 0.05) is 78.2 Å². The second-order valence-corrected chi connectivity index (χ2v) is 17.8. The molecule has 13 N–H and O–H groups in total. The molecular formula is C51H42N8O10S2+2. The van der Waals surface area contributed by atoms with E-state index in [1.165, 1.54) is 66.9 Å². The molecule has 0 aliphatic heterocycles. The van der Waals surface area contributed by atoms with Gasteiger partial charge in [0.25, 0.3) is 23.4 Å². The predicted molar refractivity (Wildman–Crippen MR) is 272 cm³/mol. The molecule has 18 nitrogen and oxygen atoms in total. The number of nitrogens with one attached hydrogen (secondary N) is 3. The van der Waals surface area contributed by atoms with Crippen molar-refractivity contribution in [1.29, 1.82) is 0 Å². The number of fused-ring (bicyclic) bond motifs is 3. The largest absolute Gasteiger partial charge is 0.451 e. The van der Waals surface area contributed by atoms with Gasteiger partial charge in [-0.1, -0.05) is 24.3 Å². The summed E-state index contributed by atoms with van der Waals surface area (Å²) in [4.78, 5) is 94.3. The fourth-order valence-corrected chi connectivity index (χ4v) is 8.78. The van der Waals surface area contributed by atoms with Crippen LogP contribution in [0.15, 0.2) is 144 Å². The Morgan fingerprint density at radius 2 is 1.23 bits per heavy atom. The zero-order valence-corrected chi connectivity index (χ0v) is 39.3. The number of Topliss-reactive ketones (excluding diaryl/α,β-unsaturated/α-hetero) is 2. The van der Waals surface area contributed by atoms with E-state index in [-0.39, 0.29) is 57.5 Å². The number of nitrogen functional groups attached to an aromatic ring is 1. The number of nitro groups is 1. The molecule has 5 amide bonds. The summed E-state index contributed by atoms with van der Waals surface area (Å²) in [6, 6.07) is 38.1. The van der Waals surface area contributed by atoms with Gasteiger partial charge in [-0.3, -0.25) is 44.6 Å². The second kappa shape index (κ2) is 21.4. The molecule has 0 saturated carbocycles. The minimum atomic E-state index is -0.720. The van der Waals surface area contributed by atoms with Crippen LogP contribution < -0.4 is 38.9 Å². The summed E-state index contributed by atoms with van der Waals surface area (Å²) >= 11 is 2.55. The van der Waals surface area contributed by atoms with E-state index in [0.717, 1.165) is 25.9 Å². The minimum absolute atomic E-state index is 0.0530. The number of hydrogen-bond donors (Lipinski definition) is 7. The highest BCUT2D eigenvalue weighted by atomic mass is 32.1. The number of nitro benzene ring substituents is 1. The summed E-state index contributed by atoms with van der Waals surface area (Å²) in [7, 11) is 0. The van der Waals surface area contributed by atoms with Gasteiger partial charge < -0.3 is 37.6 Å². The molecule has 0 aliphatic carbocycles. The summed E-state index contributed by atoms with van der Waals surface area (Å²) in [5, 5.41) is 21.3. The zero-order valence-electron chi connectivity index (χ0n) is 37.7. The summed E-state index contributed by atoms with van der Waals surface area (Å²) in [6.45, 7) is 2.82. The number of non-ortho nitro benzene ring substituents is 1. The fourth-order valence-electron chi connectivity index (χ4n) is 6.90. The van der Waals surface area contributed by atoms with Gasteiger partial charge in [-0.05, 0) is 110 Å². The number of ketones is 2. The SMILES string of the molecule is CC(=O)c1cc(NC(=O)c2cc3cc([N+](=O)[O-])ccc3s2)cc(C(N)=O)c1.CC(=O)c1cccc(NC(=O)c2cc3cc([NH3+])ccc3o2)c1.Nc1ccc2sc(C(=O)Nc3ccccc3C([NH3+])=O)cc2c1. The van der Waals surface area contributed by atoms with Crippen molar-refractivity contribution >= 4 is 129 Å². The molecule has 356 valence electrons. The molecule has 3 heterocycles. The first-order valence-electron chi connectivity index (χ1n) is 21.1. The van der Waals surface area contributed by atoms with Crippen molar-refractivity contribution in [2.45, 2.75) is 13.8 Å². The monoisotopic (exact) mass is 990 g/mol. The Labute approximate surface area is 410 Å². The van der Waals surface area contributed by atoms with Gasteiger partial charge in [0.05, 0.1) is 20.4 Å². The van der Waals surface area contributed by atoms with Crippen molar-refractivity contribution in [3.63, 3.8) is 0 Å². The molecule has 9 aromatic rings. The van der Waals surface area contributed by atoms with Crippen molar-refractivity contribution in [1.82, 2.24) is 0 Å². The third kappa shape index (κ3) is 12.3. The molecule has 9 rings (SSSR count). The summed E-state index contributed by atoms with van der Waals surface area (Å²) in [6.07, 6.45) is 0. The van der Waals surface area contributed by atoms with Gasteiger partial charge in [0.15, 0.2) is 17.3 Å². The predicted octanol–water partition coefficient (Wildman–Crippen LogP) is 8.24. The fraction of sp³-hybridized carbons (Fsp3) is 0.0392. The number of thiophene rings is 2. The molecule has 20 heteroatoms. The Hall–Kier alpha value is -9.21. The minimum Gasteiger partial charge on any atom is -0.451 e. The molecule has 0 unspecified atom stereocenters. The quantitative estimate of drug-likeness (QED) is 0.0280. The highest BCUT2D eigenvalue weighted by molar-refractivity contribution is 7.21. The summed E-state index contributed by atoms with van der Waals surface area (Å²) in [5.74, 6) is -2.24. The van der Waals surface area contributed by atoms with E-state index >= 15 is 0 Å². The lowest BCUT2D eigenvalue weighted by Crippen LogP contribution is -2.57. The number of hydrogen-bond acceptors (Lipinski definition) is 13. The maximum atomic E-state index is 12.5.